The lowest BCUT2D eigenvalue weighted by atomic mass is 10.2. The maximum Gasteiger partial charge on any atom is 0.243 e. The molecule has 2 aliphatic rings. The first kappa shape index (κ1) is 15.2. The first-order valence-electron chi connectivity index (χ1n) is 7.78. The lowest BCUT2D eigenvalue weighted by molar-refractivity contribution is 0.356. The van der Waals surface area contributed by atoms with E-state index < -0.39 is 10.0 Å². The van der Waals surface area contributed by atoms with Crippen LogP contribution in [0, 0.1) is 11.3 Å². The zero-order valence-electron chi connectivity index (χ0n) is 12.9. The molecule has 0 amide bonds. The molecule has 1 fully saturated rings. The van der Waals surface area contributed by atoms with Crippen LogP contribution in [0.1, 0.15) is 23.6 Å². The molecule has 4 rings (SSSR count). The van der Waals surface area contributed by atoms with E-state index in [1.165, 1.54) is 10.5 Å². The van der Waals surface area contributed by atoms with Gasteiger partial charge in [-0.25, -0.2) is 8.42 Å². The van der Waals surface area contributed by atoms with Crippen LogP contribution in [0.25, 0.3) is 0 Å². The highest BCUT2D eigenvalue weighted by Gasteiger charge is 2.34. The number of nitrogens with zero attached hydrogens (tertiary/aromatic N) is 4. The monoisotopic (exact) mass is 344 g/mol. The van der Waals surface area contributed by atoms with E-state index in [9.17, 15) is 8.42 Å². The van der Waals surface area contributed by atoms with E-state index in [4.69, 9.17) is 10.00 Å². The van der Waals surface area contributed by atoms with E-state index in [1.54, 1.807) is 29.1 Å². The molecule has 1 unspecified atom stereocenters. The molecule has 1 aromatic heterocycles. The molecule has 0 bridgehead atoms. The molecule has 8 heteroatoms. The summed E-state index contributed by atoms with van der Waals surface area (Å²) in [5.74, 6) is 0.772. The Morgan fingerprint density at radius 1 is 1.38 bits per heavy atom. The maximum absolute atomic E-state index is 12.9. The minimum Gasteiger partial charge on any atom is -0.493 e. The Morgan fingerprint density at radius 3 is 3.04 bits per heavy atom. The van der Waals surface area contributed by atoms with Crippen molar-refractivity contribution in [2.24, 2.45) is 0 Å². The third-order valence-corrected chi connectivity index (χ3v) is 6.39. The second-order valence-corrected chi connectivity index (χ2v) is 7.93. The Morgan fingerprint density at radius 2 is 2.25 bits per heavy atom. The summed E-state index contributed by atoms with van der Waals surface area (Å²) in [7, 11) is -3.53. The Bertz CT molecular complexity index is 929. The predicted molar refractivity (Wildman–Crippen MR) is 85.0 cm³/mol. The summed E-state index contributed by atoms with van der Waals surface area (Å²) in [5, 5.41) is 13.0. The topological polar surface area (TPSA) is 88.2 Å². The zero-order chi connectivity index (χ0) is 16.7. The minimum atomic E-state index is -3.53. The molecule has 1 saturated heterocycles. The molecule has 3 heterocycles. The Kier molecular flexibility index (Phi) is 3.55. The van der Waals surface area contributed by atoms with E-state index in [1.807, 2.05) is 6.07 Å². The van der Waals surface area contributed by atoms with Gasteiger partial charge in [0.15, 0.2) is 0 Å². The molecule has 2 aliphatic heterocycles. The van der Waals surface area contributed by atoms with Crippen LogP contribution in [0.15, 0.2) is 35.5 Å². The molecule has 0 aliphatic carbocycles. The van der Waals surface area contributed by atoms with Gasteiger partial charge >= 0.3 is 0 Å². The lowest BCUT2D eigenvalue weighted by Gasteiger charge is -2.17. The molecule has 1 aromatic carbocycles. The van der Waals surface area contributed by atoms with E-state index in [2.05, 4.69) is 5.10 Å². The van der Waals surface area contributed by atoms with Gasteiger partial charge in [-0.3, -0.25) is 4.68 Å². The fraction of sp³-hybridized carbons (Fsp3) is 0.375. The fourth-order valence-electron chi connectivity index (χ4n) is 3.21. The number of benzene rings is 1. The first-order valence-corrected chi connectivity index (χ1v) is 9.22. The molecule has 2 aromatic rings. The average Bonchev–Trinajstić information content (AvgIpc) is 3.31. The normalized spacial score (nSPS) is 20.5. The van der Waals surface area contributed by atoms with Crippen LogP contribution >= 0.6 is 0 Å². The average molecular weight is 344 g/mol. The summed E-state index contributed by atoms with van der Waals surface area (Å²) >= 11 is 0. The largest absolute Gasteiger partial charge is 0.493 e. The van der Waals surface area contributed by atoms with Crippen molar-refractivity contribution in [2.75, 3.05) is 19.7 Å². The second kappa shape index (κ2) is 5.61. The highest BCUT2D eigenvalue weighted by molar-refractivity contribution is 7.89. The lowest BCUT2D eigenvalue weighted by Crippen LogP contribution is -2.29. The van der Waals surface area contributed by atoms with Gasteiger partial charge in [0.2, 0.25) is 10.0 Å². The minimum absolute atomic E-state index is 0.0420. The van der Waals surface area contributed by atoms with Crippen molar-refractivity contribution in [1.82, 2.24) is 14.1 Å². The molecular weight excluding hydrogens is 328 g/mol. The Balaban J connectivity index is 1.56. The second-order valence-electron chi connectivity index (χ2n) is 5.99. The highest BCUT2D eigenvalue weighted by Crippen LogP contribution is 2.31. The number of aromatic nitrogens is 2. The van der Waals surface area contributed by atoms with Crippen molar-refractivity contribution in [2.45, 2.75) is 23.8 Å². The predicted octanol–water partition coefficient (Wildman–Crippen LogP) is 1.33. The van der Waals surface area contributed by atoms with E-state index in [-0.39, 0.29) is 6.04 Å². The number of rotatable bonds is 3. The summed E-state index contributed by atoms with van der Waals surface area (Å²) in [6, 6.07) is 7.05. The van der Waals surface area contributed by atoms with Gasteiger partial charge in [-0.15, -0.1) is 0 Å². The van der Waals surface area contributed by atoms with Crippen molar-refractivity contribution in [3.8, 4) is 11.8 Å². The van der Waals surface area contributed by atoms with E-state index in [0.29, 0.717) is 36.6 Å². The van der Waals surface area contributed by atoms with Gasteiger partial charge in [0.25, 0.3) is 0 Å². The highest BCUT2D eigenvalue weighted by atomic mass is 32.2. The van der Waals surface area contributed by atoms with Crippen LogP contribution in [0.4, 0.5) is 0 Å². The standard InChI is InChI=1S/C16H16N4O3S/c17-8-12-9-18-20(10-12)14-3-5-19(11-14)24(21,22)15-1-2-16-13(7-15)4-6-23-16/h1-2,7,9-10,14H,3-6,11H2. The third-order valence-electron chi connectivity index (χ3n) is 4.53. The fourth-order valence-corrected chi connectivity index (χ4v) is 4.76. The maximum atomic E-state index is 12.9. The van der Waals surface area contributed by atoms with Crippen molar-refractivity contribution >= 4 is 10.0 Å². The molecule has 7 nitrogen and oxygen atoms in total. The van der Waals surface area contributed by atoms with Gasteiger partial charge in [0.05, 0.1) is 29.3 Å². The summed E-state index contributed by atoms with van der Waals surface area (Å²) in [6.45, 7) is 1.41. The molecule has 1 atom stereocenters. The van der Waals surface area contributed by atoms with Crippen molar-refractivity contribution in [3.63, 3.8) is 0 Å². The molecule has 0 N–H and O–H groups in total. The van der Waals surface area contributed by atoms with Crippen LogP contribution in [0.5, 0.6) is 5.75 Å². The number of ether oxygens (including phenoxy) is 1. The number of hydrogen-bond donors (Lipinski definition) is 0. The molecule has 0 radical (unpaired) electrons. The number of fused-ring (bicyclic) bond motifs is 1. The van der Waals surface area contributed by atoms with Gasteiger partial charge in [-0.1, -0.05) is 0 Å². The van der Waals surface area contributed by atoms with Crippen LogP contribution in [-0.2, 0) is 16.4 Å². The van der Waals surface area contributed by atoms with Crippen molar-refractivity contribution in [3.05, 3.63) is 41.7 Å². The summed E-state index contributed by atoms with van der Waals surface area (Å²) in [6.07, 6.45) is 4.58. The van der Waals surface area contributed by atoms with Gasteiger partial charge in [0, 0.05) is 25.7 Å². The molecule has 0 spiro atoms. The SMILES string of the molecule is N#Cc1cnn(C2CCN(S(=O)(=O)c3ccc4c(c3)CCO4)C2)c1. The molecular formula is C16H16N4O3S. The van der Waals surface area contributed by atoms with E-state index in [0.717, 1.165) is 17.7 Å². The molecule has 124 valence electrons. The number of nitriles is 1. The summed E-state index contributed by atoms with van der Waals surface area (Å²) < 4.78 is 34.4. The van der Waals surface area contributed by atoms with Gasteiger partial charge < -0.3 is 4.74 Å². The smallest absolute Gasteiger partial charge is 0.243 e. The Labute approximate surface area is 140 Å². The van der Waals surface area contributed by atoms with Crippen molar-refractivity contribution in [1.29, 1.82) is 5.26 Å². The van der Waals surface area contributed by atoms with Crippen LogP contribution < -0.4 is 4.74 Å². The molecule has 24 heavy (non-hydrogen) atoms. The third kappa shape index (κ3) is 2.46. The van der Waals surface area contributed by atoms with Crippen LogP contribution in [0.3, 0.4) is 0 Å². The van der Waals surface area contributed by atoms with Crippen molar-refractivity contribution < 1.29 is 13.2 Å². The van der Waals surface area contributed by atoms with Crippen LogP contribution in [-0.4, -0.2) is 42.2 Å². The van der Waals surface area contributed by atoms with Crippen LogP contribution in [0.2, 0.25) is 0 Å². The van der Waals surface area contributed by atoms with Gasteiger partial charge in [-0.05, 0) is 30.2 Å². The summed E-state index contributed by atoms with van der Waals surface area (Å²) in [4.78, 5) is 0.311. The van der Waals surface area contributed by atoms with Gasteiger partial charge in [0.1, 0.15) is 11.8 Å². The zero-order valence-corrected chi connectivity index (χ0v) is 13.7. The Hall–Kier alpha value is -2.37. The number of sulfonamides is 1. The van der Waals surface area contributed by atoms with E-state index >= 15 is 0 Å². The quantitative estimate of drug-likeness (QED) is 0.838. The molecule has 0 saturated carbocycles. The summed E-state index contributed by atoms with van der Waals surface area (Å²) in [5.41, 5.74) is 1.42. The first-order chi connectivity index (χ1) is 11.6. The number of hydrogen-bond acceptors (Lipinski definition) is 5. The van der Waals surface area contributed by atoms with Gasteiger partial charge in [-0.2, -0.15) is 14.7 Å².